The molecule has 0 fully saturated rings. The van der Waals surface area contributed by atoms with Crippen LogP contribution in [0.25, 0.3) is 0 Å². The van der Waals surface area contributed by atoms with Crippen molar-refractivity contribution in [3.05, 3.63) is 0 Å². The second-order valence-electron chi connectivity index (χ2n) is 6.67. The highest BCUT2D eigenvalue weighted by molar-refractivity contribution is 9.09. The Morgan fingerprint density at radius 3 is 1.82 bits per heavy atom. The number of halogens is 1. The minimum absolute atomic E-state index is 0.139. The van der Waals surface area contributed by atoms with E-state index in [9.17, 15) is 9.90 Å². The number of carboxylic acids is 1. The molecular weight excluding hydrogens is 340 g/mol. The molecule has 0 saturated carbocycles. The van der Waals surface area contributed by atoms with Gasteiger partial charge in [-0.15, -0.1) is 0 Å². The first-order valence-electron chi connectivity index (χ1n) is 9.44. The maximum Gasteiger partial charge on any atom is 0.306 e. The van der Waals surface area contributed by atoms with Crippen LogP contribution < -0.4 is 0 Å². The molecule has 0 spiro atoms. The van der Waals surface area contributed by atoms with Crippen molar-refractivity contribution < 1.29 is 9.90 Å². The van der Waals surface area contributed by atoms with E-state index in [1.807, 2.05) is 0 Å². The van der Waals surface area contributed by atoms with E-state index < -0.39 is 5.97 Å². The summed E-state index contributed by atoms with van der Waals surface area (Å²) in [6.45, 7) is 4.48. The average molecular weight is 377 g/mol. The Labute approximate surface area is 146 Å². The van der Waals surface area contributed by atoms with Crippen LogP contribution in [0.3, 0.4) is 0 Å². The lowest BCUT2D eigenvalue weighted by molar-refractivity contribution is -0.142. The van der Waals surface area contributed by atoms with Gasteiger partial charge in [0.1, 0.15) is 0 Å². The lowest BCUT2D eigenvalue weighted by atomic mass is 9.84. The summed E-state index contributed by atoms with van der Waals surface area (Å²) in [7, 11) is 0. The lowest BCUT2D eigenvalue weighted by Crippen LogP contribution is -2.18. The van der Waals surface area contributed by atoms with Gasteiger partial charge >= 0.3 is 5.97 Å². The molecule has 1 atom stereocenters. The van der Waals surface area contributed by atoms with Crippen molar-refractivity contribution in [3.8, 4) is 0 Å². The molecule has 0 bridgehead atoms. The van der Waals surface area contributed by atoms with Crippen LogP contribution in [-0.4, -0.2) is 16.4 Å². The minimum atomic E-state index is -0.590. The van der Waals surface area contributed by atoms with E-state index in [0.29, 0.717) is 5.92 Å². The molecule has 0 saturated heterocycles. The maximum absolute atomic E-state index is 11.5. The molecule has 0 aromatic heterocycles. The summed E-state index contributed by atoms with van der Waals surface area (Å²) >= 11 is 3.42. The summed E-state index contributed by atoms with van der Waals surface area (Å²) < 4.78 is 0. The summed E-state index contributed by atoms with van der Waals surface area (Å²) in [5, 5.41) is 10.4. The van der Waals surface area contributed by atoms with Gasteiger partial charge in [-0.2, -0.15) is 0 Å². The van der Waals surface area contributed by atoms with Crippen LogP contribution >= 0.6 is 15.9 Å². The molecule has 1 unspecified atom stereocenters. The van der Waals surface area contributed by atoms with Gasteiger partial charge in [-0.05, 0) is 25.2 Å². The topological polar surface area (TPSA) is 37.3 Å². The van der Waals surface area contributed by atoms with Crippen LogP contribution in [-0.2, 0) is 4.79 Å². The van der Waals surface area contributed by atoms with Crippen molar-refractivity contribution in [1.29, 1.82) is 0 Å². The Morgan fingerprint density at radius 1 is 0.864 bits per heavy atom. The van der Waals surface area contributed by atoms with E-state index in [0.717, 1.165) is 24.6 Å². The molecule has 0 rings (SSSR count). The van der Waals surface area contributed by atoms with Crippen LogP contribution in [0.15, 0.2) is 0 Å². The summed E-state index contributed by atoms with van der Waals surface area (Å²) in [6, 6.07) is 0. The summed E-state index contributed by atoms with van der Waals surface area (Å²) in [5.74, 6) is -0.113. The van der Waals surface area contributed by atoms with Gasteiger partial charge in [0, 0.05) is 5.33 Å². The van der Waals surface area contributed by atoms with Gasteiger partial charge in [0.2, 0.25) is 0 Å². The summed E-state index contributed by atoms with van der Waals surface area (Å²) in [4.78, 5) is 11.5. The van der Waals surface area contributed by atoms with Gasteiger partial charge in [0.25, 0.3) is 0 Å². The van der Waals surface area contributed by atoms with Crippen molar-refractivity contribution in [2.24, 2.45) is 11.8 Å². The molecule has 1 N–H and O–H groups in total. The van der Waals surface area contributed by atoms with Gasteiger partial charge < -0.3 is 5.11 Å². The third-order valence-electron chi connectivity index (χ3n) is 4.59. The third-order valence-corrected chi connectivity index (χ3v) is 5.15. The minimum Gasteiger partial charge on any atom is -0.481 e. The average Bonchev–Trinajstić information content (AvgIpc) is 2.50. The van der Waals surface area contributed by atoms with Gasteiger partial charge in [-0.3, -0.25) is 4.79 Å². The Kier molecular flexibility index (Phi) is 15.8. The molecule has 132 valence electrons. The number of alkyl halides is 1. The molecule has 0 aliphatic heterocycles. The number of hydrogen-bond acceptors (Lipinski definition) is 1. The number of carbonyl (C=O) groups is 1. The van der Waals surface area contributed by atoms with Gasteiger partial charge in [0.15, 0.2) is 0 Å². The van der Waals surface area contributed by atoms with E-state index in [4.69, 9.17) is 0 Å². The van der Waals surface area contributed by atoms with Crippen LogP contribution in [0.2, 0.25) is 0 Å². The van der Waals surface area contributed by atoms with Gasteiger partial charge in [-0.25, -0.2) is 0 Å². The Morgan fingerprint density at radius 2 is 1.41 bits per heavy atom. The first-order chi connectivity index (χ1) is 10.7. The Bertz CT molecular complexity index is 244. The normalized spacial score (nSPS) is 12.7. The summed E-state index contributed by atoms with van der Waals surface area (Å²) in [6.07, 6.45) is 15.5. The molecule has 0 aliphatic rings. The number of aliphatic carboxylic acids is 1. The van der Waals surface area contributed by atoms with E-state index in [-0.39, 0.29) is 5.92 Å². The number of carboxylic acid groups (broad SMARTS) is 1. The molecule has 0 radical (unpaired) electrons. The Balaban J connectivity index is 4.28. The fourth-order valence-corrected chi connectivity index (χ4v) is 3.49. The summed E-state index contributed by atoms with van der Waals surface area (Å²) in [5.41, 5.74) is 0. The SMILES string of the molecule is CCCCCCC(CCCCCC)CC(CCCBr)C(=O)O. The number of unbranched alkanes of at least 4 members (excludes halogenated alkanes) is 6. The molecule has 0 aromatic carbocycles. The van der Waals surface area contributed by atoms with Crippen molar-refractivity contribution in [3.63, 3.8) is 0 Å². The van der Waals surface area contributed by atoms with Gasteiger partial charge in [0.05, 0.1) is 5.92 Å². The van der Waals surface area contributed by atoms with Crippen LogP contribution in [0.5, 0.6) is 0 Å². The van der Waals surface area contributed by atoms with E-state index in [1.165, 1.54) is 64.2 Å². The largest absolute Gasteiger partial charge is 0.481 e. The van der Waals surface area contributed by atoms with E-state index in [2.05, 4.69) is 29.8 Å². The molecule has 0 aliphatic carbocycles. The molecule has 2 nitrogen and oxygen atoms in total. The van der Waals surface area contributed by atoms with Crippen LogP contribution in [0.4, 0.5) is 0 Å². The molecule has 0 aromatic rings. The van der Waals surface area contributed by atoms with Crippen molar-refractivity contribution in [1.82, 2.24) is 0 Å². The molecule has 22 heavy (non-hydrogen) atoms. The standard InChI is InChI=1S/C19H37BrO2/c1-3-5-7-9-12-17(13-10-8-6-4-2)16-18(19(21)22)14-11-15-20/h17-18H,3-16H2,1-2H3,(H,21,22). The highest BCUT2D eigenvalue weighted by Gasteiger charge is 2.21. The maximum atomic E-state index is 11.5. The van der Waals surface area contributed by atoms with Crippen LogP contribution in [0, 0.1) is 11.8 Å². The first-order valence-corrected chi connectivity index (χ1v) is 10.6. The first kappa shape index (κ1) is 21.9. The fourth-order valence-electron chi connectivity index (χ4n) is 3.17. The van der Waals surface area contributed by atoms with Crippen LogP contribution in [0.1, 0.15) is 97.3 Å². The molecular formula is C19H37BrO2. The van der Waals surface area contributed by atoms with Crippen molar-refractivity contribution in [2.45, 2.75) is 97.3 Å². The van der Waals surface area contributed by atoms with E-state index >= 15 is 0 Å². The number of hydrogen-bond donors (Lipinski definition) is 1. The molecule has 0 amide bonds. The highest BCUT2D eigenvalue weighted by Crippen LogP contribution is 2.27. The number of rotatable bonds is 16. The predicted molar refractivity (Wildman–Crippen MR) is 99.8 cm³/mol. The lowest BCUT2D eigenvalue weighted by Gasteiger charge is -2.21. The highest BCUT2D eigenvalue weighted by atomic mass is 79.9. The van der Waals surface area contributed by atoms with Gasteiger partial charge in [-0.1, -0.05) is 94.0 Å². The molecule has 0 heterocycles. The van der Waals surface area contributed by atoms with Crippen molar-refractivity contribution in [2.75, 3.05) is 5.33 Å². The zero-order chi connectivity index (χ0) is 16.6. The fraction of sp³-hybridized carbons (Fsp3) is 0.947. The second-order valence-corrected chi connectivity index (χ2v) is 7.46. The van der Waals surface area contributed by atoms with Crippen molar-refractivity contribution >= 4 is 21.9 Å². The zero-order valence-corrected chi connectivity index (χ0v) is 16.4. The second kappa shape index (κ2) is 15.8. The monoisotopic (exact) mass is 376 g/mol. The van der Waals surface area contributed by atoms with E-state index in [1.54, 1.807) is 0 Å². The third kappa shape index (κ3) is 12.5. The Hall–Kier alpha value is -0.0500. The predicted octanol–water partition coefficient (Wildman–Crippen LogP) is 6.81. The smallest absolute Gasteiger partial charge is 0.306 e. The molecule has 3 heteroatoms. The quantitative estimate of drug-likeness (QED) is 0.237. The zero-order valence-electron chi connectivity index (χ0n) is 14.8.